The van der Waals surface area contributed by atoms with Gasteiger partial charge in [0, 0.05) is 15.2 Å². The molecular formula is C15H16BrClS. The molecule has 3 heteroatoms. The zero-order valence-corrected chi connectivity index (χ0v) is 13.5. The van der Waals surface area contributed by atoms with E-state index in [0.29, 0.717) is 11.8 Å². The Kier molecular flexibility index (Phi) is 5.28. The van der Waals surface area contributed by atoms with Crippen LogP contribution in [0.3, 0.4) is 0 Å². The van der Waals surface area contributed by atoms with Gasteiger partial charge in [0.2, 0.25) is 0 Å². The summed E-state index contributed by atoms with van der Waals surface area (Å²) in [5.74, 6) is 1.21. The van der Waals surface area contributed by atoms with Crippen LogP contribution in [-0.4, -0.2) is 5.88 Å². The first-order valence-corrected chi connectivity index (χ1v) is 8.23. The third-order valence-electron chi connectivity index (χ3n) is 3.03. The van der Waals surface area contributed by atoms with Gasteiger partial charge in [-0.3, -0.25) is 0 Å². The molecular weight excluding hydrogens is 328 g/mol. The Morgan fingerprint density at radius 3 is 2.44 bits per heavy atom. The third-order valence-corrected chi connectivity index (χ3v) is 5.41. The molecule has 2 rings (SSSR count). The van der Waals surface area contributed by atoms with Gasteiger partial charge in [-0.05, 0) is 58.6 Å². The highest BCUT2D eigenvalue weighted by molar-refractivity contribution is 9.10. The molecule has 2 aromatic rings. The zero-order valence-electron chi connectivity index (χ0n) is 10.3. The highest BCUT2D eigenvalue weighted by Crippen LogP contribution is 2.27. The fourth-order valence-electron chi connectivity index (χ4n) is 1.97. The van der Waals surface area contributed by atoms with E-state index in [0.717, 1.165) is 12.8 Å². The SMILES string of the molecule is Cc1ccc(CC(CCl)Cc2sccc2Br)cc1. The Hall–Kier alpha value is -0.310. The topological polar surface area (TPSA) is 0 Å². The van der Waals surface area contributed by atoms with Gasteiger partial charge in [-0.15, -0.1) is 22.9 Å². The number of halogens is 2. The zero-order chi connectivity index (χ0) is 13.0. The van der Waals surface area contributed by atoms with Gasteiger partial charge in [0.1, 0.15) is 0 Å². The van der Waals surface area contributed by atoms with E-state index in [-0.39, 0.29) is 0 Å². The van der Waals surface area contributed by atoms with Crippen LogP contribution in [-0.2, 0) is 12.8 Å². The molecule has 0 aliphatic carbocycles. The van der Waals surface area contributed by atoms with Crippen LogP contribution < -0.4 is 0 Å². The Balaban J connectivity index is 2.01. The van der Waals surface area contributed by atoms with E-state index in [4.69, 9.17) is 11.6 Å². The predicted molar refractivity (Wildman–Crippen MR) is 84.8 cm³/mol. The summed E-state index contributed by atoms with van der Waals surface area (Å²) < 4.78 is 1.21. The van der Waals surface area contributed by atoms with Crippen molar-refractivity contribution in [1.29, 1.82) is 0 Å². The van der Waals surface area contributed by atoms with Gasteiger partial charge in [-0.1, -0.05) is 29.8 Å². The molecule has 96 valence electrons. The van der Waals surface area contributed by atoms with Crippen molar-refractivity contribution in [2.24, 2.45) is 5.92 Å². The minimum atomic E-state index is 0.504. The maximum Gasteiger partial charge on any atom is 0.0314 e. The van der Waals surface area contributed by atoms with Crippen molar-refractivity contribution < 1.29 is 0 Å². The summed E-state index contributed by atoms with van der Waals surface area (Å²) in [7, 11) is 0. The molecule has 0 aliphatic rings. The van der Waals surface area contributed by atoms with Crippen LogP contribution in [0.15, 0.2) is 40.2 Å². The lowest BCUT2D eigenvalue weighted by molar-refractivity contribution is 0.588. The quantitative estimate of drug-likeness (QED) is 0.632. The Labute approximate surface area is 126 Å². The fourth-order valence-corrected chi connectivity index (χ4v) is 3.82. The molecule has 0 bridgehead atoms. The van der Waals surface area contributed by atoms with Crippen LogP contribution in [0.5, 0.6) is 0 Å². The maximum absolute atomic E-state index is 6.11. The molecule has 0 saturated heterocycles. The number of hydrogen-bond donors (Lipinski definition) is 0. The highest BCUT2D eigenvalue weighted by Gasteiger charge is 2.12. The van der Waals surface area contributed by atoms with E-state index < -0.39 is 0 Å². The number of hydrogen-bond acceptors (Lipinski definition) is 1. The van der Waals surface area contributed by atoms with Crippen molar-refractivity contribution in [3.8, 4) is 0 Å². The summed E-state index contributed by atoms with van der Waals surface area (Å²) >= 11 is 11.5. The van der Waals surface area contributed by atoms with Crippen molar-refractivity contribution in [2.75, 3.05) is 5.88 Å². The van der Waals surface area contributed by atoms with Crippen molar-refractivity contribution in [2.45, 2.75) is 19.8 Å². The van der Waals surface area contributed by atoms with E-state index in [1.54, 1.807) is 11.3 Å². The molecule has 0 fully saturated rings. The summed E-state index contributed by atoms with van der Waals surface area (Å²) in [6.45, 7) is 2.12. The highest BCUT2D eigenvalue weighted by atomic mass is 79.9. The molecule has 0 aliphatic heterocycles. The number of rotatable bonds is 5. The predicted octanol–water partition coefficient (Wildman–Crippen LogP) is 5.46. The van der Waals surface area contributed by atoms with Gasteiger partial charge in [0.15, 0.2) is 0 Å². The number of benzene rings is 1. The molecule has 0 saturated carbocycles. The second-order valence-corrected chi connectivity index (χ2v) is 6.77. The van der Waals surface area contributed by atoms with Gasteiger partial charge in [-0.2, -0.15) is 0 Å². The van der Waals surface area contributed by atoms with Crippen LogP contribution in [0.2, 0.25) is 0 Å². The second-order valence-electron chi connectivity index (χ2n) is 4.61. The largest absolute Gasteiger partial charge is 0.148 e. The normalized spacial score (nSPS) is 12.6. The van der Waals surface area contributed by atoms with Crippen molar-refractivity contribution in [1.82, 2.24) is 0 Å². The summed E-state index contributed by atoms with van der Waals surface area (Å²) in [6.07, 6.45) is 2.10. The lowest BCUT2D eigenvalue weighted by atomic mass is 9.97. The van der Waals surface area contributed by atoms with Gasteiger partial charge in [0.05, 0.1) is 0 Å². The fraction of sp³-hybridized carbons (Fsp3) is 0.333. The number of aryl methyl sites for hydroxylation is 1. The smallest absolute Gasteiger partial charge is 0.0314 e. The summed E-state index contributed by atoms with van der Waals surface area (Å²) in [5, 5.41) is 2.12. The lowest BCUT2D eigenvalue weighted by Crippen LogP contribution is -2.09. The molecule has 1 heterocycles. The monoisotopic (exact) mass is 342 g/mol. The molecule has 1 unspecified atom stereocenters. The average Bonchev–Trinajstić information content (AvgIpc) is 2.77. The molecule has 1 aromatic carbocycles. The van der Waals surface area contributed by atoms with Crippen LogP contribution in [0.25, 0.3) is 0 Å². The van der Waals surface area contributed by atoms with Crippen molar-refractivity contribution in [3.63, 3.8) is 0 Å². The first-order valence-electron chi connectivity index (χ1n) is 6.02. The molecule has 1 aromatic heterocycles. The Morgan fingerprint density at radius 1 is 1.17 bits per heavy atom. The van der Waals surface area contributed by atoms with E-state index in [1.165, 1.54) is 20.5 Å². The molecule has 0 N–H and O–H groups in total. The molecule has 1 atom stereocenters. The van der Waals surface area contributed by atoms with Crippen LogP contribution >= 0.6 is 38.9 Å². The molecule has 0 amide bonds. The third kappa shape index (κ3) is 3.84. The second kappa shape index (κ2) is 6.74. The van der Waals surface area contributed by atoms with Gasteiger partial charge in [-0.25, -0.2) is 0 Å². The Bertz CT molecular complexity index is 489. The molecule has 0 nitrogen and oxygen atoms in total. The molecule has 0 radical (unpaired) electrons. The Morgan fingerprint density at radius 2 is 1.89 bits per heavy atom. The standard InChI is InChI=1S/C15H16BrClS/c1-11-2-4-12(5-3-11)8-13(10-17)9-15-14(16)6-7-18-15/h2-7,13H,8-10H2,1H3. The number of thiophene rings is 1. The van der Waals surface area contributed by atoms with E-state index in [2.05, 4.69) is 58.6 Å². The minimum absolute atomic E-state index is 0.504. The van der Waals surface area contributed by atoms with E-state index in [9.17, 15) is 0 Å². The van der Waals surface area contributed by atoms with Crippen LogP contribution in [0.1, 0.15) is 16.0 Å². The van der Waals surface area contributed by atoms with Crippen LogP contribution in [0, 0.1) is 12.8 Å². The minimum Gasteiger partial charge on any atom is -0.148 e. The van der Waals surface area contributed by atoms with Crippen LogP contribution in [0.4, 0.5) is 0 Å². The van der Waals surface area contributed by atoms with Gasteiger partial charge >= 0.3 is 0 Å². The first-order chi connectivity index (χ1) is 8.69. The molecule has 18 heavy (non-hydrogen) atoms. The summed E-state index contributed by atoms with van der Waals surface area (Å²) in [5.41, 5.74) is 2.68. The van der Waals surface area contributed by atoms with Gasteiger partial charge < -0.3 is 0 Å². The van der Waals surface area contributed by atoms with Gasteiger partial charge in [0.25, 0.3) is 0 Å². The molecule has 0 spiro atoms. The van der Waals surface area contributed by atoms with Crippen molar-refractivity contribution >= 4 is 38.9 Å². The van der Waals surface area contributed by atoms with Crippen molar-refractivity contribution in [3.05, 3.63) is 56.2 Å². The first kappa shape index (κ1) is 14.1. The summed E-state index contributed by atoms with van der Waals surface area (Å²) in [6, 6.07) is 10.9. The van der Waals surface area contributed by atoms with E-state index >= 15 is 0 Å². The maximum atomic E-state index is 6.11. The number of alkyl halides is 1. The van der Waals surface area contributed by atoms with E-state index in [1.807, 2.05) is 0 Å². The average molecular weight is 344 g/mol. The summed E-state index contributed by atoms with van der Waals surface area (Å²) in [4.78, 5) is 1.40. The lowest BCUT2D eigenvalue weighted by Gasteiger charge is -2.13.